The lowest BCUT2D eigenvalue weighted by molar-refractivity contribution is 0.140. The van der Waals surface area contributed by atoms with Gasteiger partial charge < -0.3 is 20.9 Å². The van der Waals surface area contributed by atoms with E-state index in [1.54, 1.807) is 0 Å². The fourth-order valence-corrected chi connectivity index (χ4v) is 9.60. The quantitative estimate of drug-likeness (QED) is 0.0702. The number of ether oxygens (including phenoxy) is 2. The van der Waals surface area contributed by atoms with E-state index in [-0.39, 0.29) is 5.41 Å². The van der Waals surface area contributed by atoms with Gasteiger partial charge in [0, 0.05) is 16.8 Å². The first-order chi connectivity index (χ1) is 26.5. The molecule has 6 rings (SSSR count). The van der Waals surface area contributed by atoms with E-state index in [0.29, 0.717) is 0 Å². The fraction of sp³-hybridized carbons (Fsp3) is 0.520. The van der Waals surface area contributed by atoms with E-state index in [9.17, 15) is 0 Å². The first-order valence-corrected chi connectivity index (χ1v) is 21.8. The summed E-state index contributed by atoms with van der Waals surface area (Å²) >= 11 is 0. The molecule has 0 aliphatic heterocycles. The van der Waals surface area contributed by atoms with E-state index in [0.717, 1.165) is 52.1 Å². The van der Waals surface area contributed by atoms with Gasteiger partial charge in [0.1, 0.15) is 23.0 Å². The lowest BCUT2D eigenvalue weighted by atomic mass is 9.60. The van der Waals surface area contributed by atoms with Crippen LogP contribution in [0.15, 0.2) is 97.1 Å². The first kappa shape index (κ1) is 39.8. The molecule has 4 heteroatoms. The van der Waals surface area contributed by atoms with Crippen molar-refractivity contribution in [3.05, 3.63) is 108 Å². The zero-order valence-corrected chi connectivity index (χ0v) is 33.3. The molecule has 2 aliphatic carbocycles. The molecule has 0 saturated heterocycles. The van der Waals surface area contributed by atoms with Crippen LogP contribution in [0.2, 0.25) is 0 Å². The molecule has 0 spiro atoms. The van der Waals surface area contributed by atoms with Crippen LogP contribution >= 0.6 is 0 Å². The highest BCUT2D eigenvalue weighted by Gasteiger charge is 2.41. The maximum Gasteiger partial charge on any atom is 0.127 e. The minimum absolute atomic E-state index is 0.0260. The van der Waals surface area contributed by atoms with E-state index >= 15 is 0 Å². The molecule has 2 saturated carbocycles. The van der Waals surface area contributed by atoms with E-state index in [2.05, 4.69) is 55.5 Å². The van der Waals surface area contributed by atoms with Crippen LogP contribution in [0.5, 0.6) is 23.0 Å². The Morgan fingerprint density at radius 3 is 1.20 bits per heavy atom. The second-order valence-corrected chi connectivity index (χ2v) is 16.8. The Labute approximate surface area is 327 Å². The maximum absolute atomic E-state index is 6.19. The summed E-state index contributed by atoms with van der Waals surface area (Å²) in [6.07, 6.45) is 29.5. The molecule has 0 heterocycles. The molecule has 0 aromatic heterocycles. The lowest BCUT2D eigenvalue weighted by Gasteiger charge is -2.44. The summed E-state index contributed by atoms with van der Waals surface area (Å²) in [5.41, 5.74) is 16.0. The molecule has 0 bridgehead atoms. The summed E-state index contributed by atoms with van der Waals surface area (Å²) in [6, 6.07) is 32.9. The van der Waals surface area contributed by atoms with Crippen LogP contribution in [0.1, 0.15) is 153 Å². The molecule has 2 aliphatic rings. The van der Waals surface area contributed by atoms with Gasteiger partial charge in [-0.3, -0.25) is 0 Å². The number of nitrogens with two attached hydrogens (primary N) is 2. The highest BCUT2D eigenvalue weighted by atomic mass is 16.5. The van der Waals surface area contributed by atoms with Crippen molar-refractivity contribution in [3.63, 3.8) is 0 Å². The number of rotatable bonds is 20. The molecule has 0 radical (unpaired) electrons. The van der Waals surface area contributed by atoms with Crippen LogP contribution in [0, 0.1) is 17.8 Å². The average Bonchev–Trinajstić information content (AvgIpc) is 3.21. The van der Waals surface area contributed by atoms with Crippen molar-refractivity contribution in [3.8, 4) is 23.0 Å². The summed E-state index contributed by atoms with van der Waals surface area (Å²) in [7, 11) is 0. The molecular weight excluding hydrogens is 661 g/mol. The first-order valence-electron chi connectivity index (χ1n) is 21.8. The van der Waals surface area contributed by atoms with Gasteiger partial charge in [-0.1, -0.05) is 128 Å². The second-order valence-electron chi connectivity index (χ2n) is 16.8. The largest absolute Gasteiger partial charge is 0.457 e. The van der Waals surface area contributed by atoms with Crippen molar-refractivity contribution in [2.75, 3.05) is 11.5 Å². The van der Waals surface area contributed by atoms with Gasteiger partial charge in [-0.15, -0.1) is 0 Å². The molecule has 0 atom stereocenters. The summed E-state index contributed by atoms with van der Waals surface area (Å²) in [6.45, 7) is 2.30. The van der Waals surface area contributed by atoms with E-state index < -0.39 is 0 Å². The summed E-state index contributed by atoms with van der Waals surface area (Å²) < 4.78 is 12.4. The number of hydrogen-bond acceptors (Lipinski definition) is 4. The average molecular weight is 729 g/mol. The van der Waals surface area contributed by atoms with Crippen LogP contribution in [0.4, 0.5) is 11.4 Å². The molecular formula is C50H68N2O2. The molecule has 54 heavy (non-hydrogen) atoms. The number of unbranched alkanes of at least 4 members (excludes halogenated alkanes) is 11. The van der Waals surface area contributed by atoms with Crippen LogP contribution in [0.25, 0.3) is 0 Å². The van der Waals surface area contributed by atoms with Gasteiger partial charge in [0.25, 0.3) is 0 Å². The minimum Gasteiger partial charge on any atom is -0.457 e. The Bertz CT molecular complexity index is 1520. The zero-order valence-electron chi connectivity index (χ0n) is 33.3. The third-order valence-corrected chi connectivity index (χ3v) is 13.0. The smallest absolute Gasteiger partial charge is 0.127 e. The maximum atomic E-state index is 6.19. The van der Waals surface area contributed by atoms with Crippen LogP contribution in [-0.2, 0) is 5.41 Å². The van der Waals surface area contributed by atoms with E-state index in [1.165, 1.54) is 146 Å². The monoisotopic (exact) mass is 729 g/mol. The van der Waals surface area contributed by atoms with Crippen molar-refractivity contribution in [1.82, 2.24) is 0 Å². The summed E-state index contributed by atoms with van der Waals surface area (Å²) in [4.78, 5) is 0. The molecule has 4 aromatic carbocycles. The Hall–Kier alpha value is -3.92. The van der Waals surface area contributed by atoms with Crippen molar-refractivity contribution < 1.29 is 9.47 Å². The number of anilines is 2. The lowest BCUT2D eigenvalue weighted by Crippen LogP contribution is -2.35. The molecule has 4 nitrogen and oxygen atoms in total. The Balaban J connectivity index is 1.00. The van der Waals surface area contributed by atoms with Crippen LogP contribution < -0.4 is 20.9 Å². The standard InChI is InChI=1S/C50H68N2O2/c1-2-3-4-5-6-7-8-9-10-11-12-13-14-39-15-17-40(18-16-39)41-35-37-50(38-36-41,42-19-27-46(28-20-42)53-48-31-23-44(51)24-32-48)43-21-29-47(30-22-43)54-49-33-25-45(52)26-34-49/h19-34,39-41H,2-18,35-38,51-52H2,1H3. The van der Waals surface area contributed by atoms with Crippen LogP contribution in [-0.4, -0.2) is 0 Å². The van der Waals surface area contributed by atoms with Gasteiger partial charge >= 0.3 is 0 Å². The summed E-state index contributed by atoms with van der Waals surface area (Å²) in [5.74, 6) is 6.00. The second kappa shape index (κ2) is 20.7. The Morgan fingerprint density at radius 2 is 0.796 bits per heavy atom. The van der Waals surface area contributed by atoms with Gasteiger partial charge in [-0.25, -0.2) is 0 Å². The Morgan fingerprint density at radius 1 is 0.444 bits per heavy atom. The Kier molecular flexibility index (Phi) is 15.2. The van der Waals surface area contributed by atoms with Crippen molar-refractivity contribution in [1.29, 1.82) is 0 Å². The topological polar surface area (TPSA) is 70.5 Å². The number of hydrogen-bond donors (Lipinski definition) is 2. The minimum atomic E-state index is -0.0260. The molecule has 290 valence electrons. The highest BCUT2D eigenvalue weighted by Crippen LogP contribution is 2.51. The molecule has 4 aromatic rings. The highest BCUT2D eigenvalue weighted by molar-refractivity contribution is 5.47. The van der Waals surface area contributed by atoms with E-state index in [1.807, 2.05) is 48.5 Å². The zero-order chi connectivity index (χ0) is 37.4. The molecule has 2 fully saturated rings. The summed E-state index contributed by atoms with van der Waals surface area (Å²) in [5, 5.41) is 0. The SMILES string of the molecule is CCCCCCCCCCCCCCC1CCC(C2CCC(c3ccc(Oc4ccc(N)cc4)cc3)(c3ccc(Oc4ccc(N)cc4)cc3)CC2)CC1. The molecule has 4 N–H and O–H groups in total. The van der Waals surface area contributed by atoms with Gasteiger partial charge in [-0.05, 0) is 140 Å². The van der Waals surface area contributed by atoms with Gasteiger partial charge in [0.2, 0.25) is 0 Å². The van der Waals surface area contributed by atoms with Gasteiger partial charge in [0.05, 0.1) is 0 Å². The van der Waals surface area contributed by atoms with Gasteiger partial charge in [0.15, 0.2) is 0 Å². The van der Waals surface area contributed by atoms with Crippen molar-refractivity contribution in [2.24, 2.45) is 17.8 Å². The predicted molar refractivity (Wildman–Crippen MR) is 229 cm³/mol. The molecule has 0 unspecified atom stereocenters. The molecule has 0 amide bonds. The third-order valence-electron chi connectivity index (χ3n) is 13.0. The van der Waals surface area contributed by atoms with Crippen LogP contribution in [0.3, 0.4) is 0 Å². The van der Waals surface area contributed by atoms with E-state index in [4.69, 9.17) is 20.9 Å². The fourth-order valence-electron chi connectivity index (χ4n) is 9.60. The van der Waals surface area contributed by atoms with Crippen molar-refractivity contribution >= 4 is 11.4 Å². The predicted octanol–water partition coefficient (Wildman–Crippen LogP) is 14.8. The third kappa shape index (κ3) is 11.5. The van der Waals surface area contributed by atoms with Gasteiger partial charge in [-0.2, -0.15) is 0 Å². The van der Waals surface area contributed by atoms with Crippen molar-refractivity contribution in [2.45, 2.75) is 147 Å². The number of nitrogen functional groups attached to an aromatic ring is 2. The number of benzene rings is 4. The normalized spacial score (nSPS) is 18.7.